The monoisotopic (exact) mass is 349 g/mol. The van der Waals surface area contributed by atoms with Crippen molar-refractivity contribution in [1.29, 1.82) is 0 Å². The Morgan fingerprint density at radius 1 is 1.48 bits per heavy atom. The molecule has 1 atom stereocenters. The number of carboxylic acid groups (broad SMARTS) is 1. The van der Waals surface area contributed by atoms with Crippen molar-refractivity contribution in [3.63, 3.8) is 0 Å². The fourth-order valence-corrected chi connectivity index (χ4v) is 3.90. The van der Waals surface area contributed by atoms with Gasteiger partial charge >= 0.3 is 5.97 Å². The predicted molar refractivity (Wildman–Crippen MR) is 77.2 cm³/mol. The molecule has 0 radical (unpaired) electrons. The van der Waals surface area contributed by atoms with Gasteiger partial charge in [0, 0.05) is 12.0 Å². The topological polar surface area (TPSA) is 92.7 Å². The van der Waals surface area contributed by atoms with Crippen molar-refractivity contribution >= 4 is 16.0 Å². The zero-order valence-corrected chi connectivity index (χ0v) is 13.2. The molecule has 0 saturated heterocycles. The summed E-state index contributed by atoms with van der Waals surface area (Å²) in [6, 6.07) is 2.18. The lowest BCUT2D eigenvalue weighted by molar-refractivity contribution is -0.136. The van der Waals surface area contributed by atoms with Crippen LogP contribution < -0.4 is 9.46 Å². The number of rotatable bonds is 6. The highest BCUT2D eigenvalue weighted by Crippen LogP contribution is 2.36. The lowest BCUT2D eigenvalue weighted by Crippen LogP contribution is -2.43. The predicted octanol–water partition coefficient (Wildman–Crippen LogP) is 1.79. The summed E-state index contributed by atoms with van der Waals surface area (Å²) in [5, 5.41) is 8.86. The zero-order chi connectivity index (χ0) is 17.3. The Kier molecular flexibility index (Phi) is 4.90. The van der Waals surface area contributed by atoms with Gasteiger partial charge in [-0.15, -0.1) is 0 Å². The minimum Gasteiger partial charge on any atom is -0.496 e. The number of aliphatic carboxylic acids is 1. The van der Waals surface area contributed by atoms with Gasteiger partial charge in [-0.05, 0) is 31.0 Å². The molecule has 2 rings (SSSR count). The van der Waals surface area contributed by atoms with Gasteiger partial charge in [0.25, 0.3) is 5.92 Å². The van der Waals surface area contributed by atoms with Crippen LogP contribution in [0.1, 0.15) is 24.8 Å². The Morgan fingerprint density at radius 3 is 2.70 bits per heavy atom. The maximum Gasteiger partial charge on any atom is 0.307 e. The Labute approximate surface area is 132 Å². The number of carboxylic acids is 1. The maximum absolute atomic E-state index is 13.6. The Bertz CT molecular complexity index is 705. The summed E-state index contributed by atoms with van der Waals surface area (Å²) in [4.78, 5) is 10.6. The largest absolute Gasteiger partial charge is 0.496 e. The van der Waals surface area contributed by atoms with Crippen LogP contribution in [0.2, 0.25) is 0 Å². The molecule has 1 unspecified atom stereocenters. The second-order valence-electron chi connectivity index (χ2n) is 5.37. The maximum atomic E-state index is 13.6. The highest BCUT2D eigenvalue weighted by atomic mass is 32.2. The molecule has 2 N–H and O–H groups in total. The van der Waals surface area contributed by atoms with Crippen LogP contribution in [-0.2, 0) is 21.2 Å². The summed E-state index contributed by atoms with van der Waals surface area (Å²) >= 11 is 0. The normalized spacial score (nSPS) is 20.4. The summed E-state index contributed by atoms with van der Waals surface area (Å²) in [6.45, 7) is 0. The molecule has 6 nitrogen and oxygen atoms in total. The van der Waals surface area contributed by atoms with Crippen LogP contribution in [0.15, 0.2) is 23.1 Å². The number of hydrogen-bond donors (Lipinski definition) is 2. The van der Waals surface area contributed by atoms with Gasteiger partial charge < -0.3 is 9.84 Å². The van der Waals surface area contributed by atoms with Gasteiger partial charge in [-0.2, -0.15) is 0 Å². The lowest BCUT2D eigenvalue weighted by atomic mass is 10.1. The van der Waals surface area contributed by atoms with Crippen LogP contribution in [0.5, 0.6) is 5.75 Å². The summed E-state index contributed by atoms with van der Waals surface area (Å²) < 4.78 is 58.8. The molecule has 0 amide bonds. The van der Waals surface area contributed by atoms with Crippen LogP contribution in [0, 0.1) is 0 Å². The molecule has 0 aromatic heterocycles. The molecular formula is C14H17F2NO5S. The van der Waals surface area contributed by atoms with Gasteiger partial charge in [-0.3, -0.25) is 4.79 Å². The number of alkyl halides is 2. The number of ether oxygens (including phenoxy) is 1. The van der Waals surface area contributed by atoms with E-state index in [4.69, 9.17) is 9.84 Å². The zero-order valence-electron chi connectivity index (χ0n) is 12.4. The standard InChI is InChI=1S/C14H17F2NO5S/c1-22-11-5-4-10(7-9(11)8-13(18)19)23(20,21)17-12-3-2-6-14(12,15)16/h4-5,7,12,17H,2-3,6,8H2,1H3,(H,18,19). The third-order valence-corrected chi connectivity index (χ3v) is 5.18. The van der Waals surface area contributed by atoms with E-state index < -0.39 is 34.4 Å². The third kappa shape index (κ3) is 3.97. The number of methoxy groups -OCH3 is 1. The van der Waals surface area contributed by atoms with Crippen molar-refractivity contribution in [2.24, 2.45) is 0 Å². The number of nitrogens with one attached hydrogen (secondary N) is 1. The number of carbonyl (C=O) groups is 1. The smallest absolute Gasteiger partial charge is 0.307 e. The highest BCUT2D eigenvalue weighted by Gasteiger charge is 2.45. The molecule has 1 aromatic carbocycles. The molecule has 1 aliphatic rings. The van der Waals surface area contributed by atoms with Crippen molar-refractivity contribution in [3.05, 3.63) is 23.8 Å². The van der Waals surface area contributed by atoms with Gasteiger partial charge in [0.2, 0.25) is 10.0 Å². The molecule has 23 heavy (non-hydrogen) atoms. The molecule has 0 aliphatic heterocycles. The number of sulfonamides is 1. The summed E-state index contributed by atoms with van der Waals surface area (Å²) in [5.74, 6) is -4.02. The van der Waals surface area contributed by atoms with E-state index in [-0.39, 0.29) is 35.5 Å². The van der Waals surface area contributed by atoms with E-state index in [2.05, 4.69) is 0 Å². The van der Waals surface area contributed by atoms with Crippen molar-refractivity contribution in [2.45, 2.75) is 42.5 Å². The van der Waals surface area contributed by atoms with Crippen LogP contribution in [0.25, 0.3) is 0 Å². The van der Waals surface area contributed by atoms with E-state index in [1.807, 2.05) is 4.72 Å². The Hall–Kier alpha value is -1.74. The number of benzene rings is 1. The first-order chi connectivity index (χ1) is 10.7. The fourth-order valence-electron chi connectivity index (χ4n) is 2.55. The minimum absolute atomic E-state index is 0.0599. The summed E-state index contributed by atoms with van der Waals surface area (Å²) in [7, 11) is -2.85. The minimum atomic E-state index is -4.18. The van der Waals surface area contributed by atoms with Crippen LogP contribution in [-0.4, -0.2) is 38.6 Å². The highest BCUT2D eigenvalue weighted by molar-refractivity contribution is 7.89. The average molecular weight is 349 g/mol. The second kappa shape index (κ2) is 6.40. The van der Waals surface area contributed by atoms with E-state index in [0.29, 0.717) is 0 Å². The molecular weight excluding hydrogens is 332 g/mol. The first-order valence-corrected chi connectivity index (χ1v) is 8.43. The molecule has 1 aliphatic carbocycles. The van der Waals surface area contributed by atoms with Crippen LogP contribution >= 0.6 is 0 Å². The first-order valence-electron chi connectivity index (χ1n) is 6.94. The van der Waals surface area contributed by atoms with Gasteiger partial charge in [-0.1, -0.05) is 0 Å². The van der Waals surface area contributed by atoms with Gasteiger partial charge in [-0.25, -0.2) is 21.9 Å². The molecule has 0 bridgehead atoms. The van der Waals surface area contributed by atoms with Crippen molar-refractivity contribution in [2.75, 3.05) is 7.11 Å². The average Bonchev–Trinajstić information content (AvgIpc) is 2.76. The van der Waals surface area contributed by atoms with Gasteiger partial charge in [0.15, 0.2) is 0 Å². The van der Waals surface area contributed by atoms with E-state index in [9.17, 15) is 22.0 Å². The number of hydrogen-bond acceptors (Lipinski definition) is 4. The first kappa shape index (κ1) is 17.6. The summed E-state index contributed by atoms with van der Waals surface area (Å²) in [5.41, 5.74) is 0.154. The Morgan fingerprint density at radius 2 is 2.17 bits per heavy atom. The molecule has 1 saturated carbocycles. The van der Waals surface area contributed by atoms with E-state index in [1.54, 1.807) is 0 Å². The van der Waals surface area contributed by atoms with E-state index >= 15 is 0 Å². The molecule has 128 valence electrons. The third-order valence-electron chi connectivity index (χ3n) is 3.71. The van der Waals surface area contributed by atoms with Gasteiger partial charge in [0.05, 0.1) is 24.5 Å². The molecule has 0 spiro atoms. The number of halogens is 2. The van der Waals surface area contributed by atoms with Crippen LogP contribution in [0.4, 0.5) is 8.78 Å². The molecule has 1 aromatic rings. The Balaban J connectivity index is 2.30. The SMILES string of the molecule is COc1ccc(S(=O)(=O)NC2CCCC2(F)F)cc1CC(=O)O. The van der Waals surface area contributed by atoms with E-state index in [0.717, 1.165) is 6.07 Å². The van der Waals surface area contributed by atoms with Crippen molar-refractivity contribution in [1.82, 2.24) is 4.72 Å². The summed E-state index contributed by atoms with van der Waals surface area (Å²) in [6.07, 6.45) is -0.489. The van der Waals surface area contributed by atoms with Crippen molar-refractivity contribution < 1.29 is 31.8 Å². The molecule has 1 fully saturated rings. The molecule has 0 heterocycles. The molecule has 9 heteroatoms. The quantitative estimate of drug-likeness (QED) is 0.817. The fraction of sp³-hybridized carbons (Fsp3) is 0.500. The second-order valence-corrected chi connectivity index (χ2v) is 7.09. The lowest BCUT2D eigenvalue weighted by Gasteiger charge is -2.20. The van der Waals surface area contributed by atoms with Crippen LogP contribution in [0.3, 0.4) is 0 Å². The van der Waals surface area contributed by atoms with Crippen molar-refractivity contribution in [3.8, 4) is 5.75 Å². The van der Waals surface area contributed by atoms with Gasteiger partial charge in [0.1, 0.15) is 5.75 Å². The van der Waals surface area contributed by atoms with E-state index in [1.165, 1.54) is 19.2 Å².